The molecule has 11 nitrogen and oxygen atoms in total. The van der Waals surface area contributed by atoms with E-state index in [9.17, 15) is 31.2 Å². The van der Waals surface area contributed by atoms with Crippen molar-refractivity contribution in [3.8, 4) is 5.88 Å². The highest BCUT2D eigenvalue weighted by Crippen LogP contribution is 2.52. The number of amides is 2. The standard InChI is InChI=1S/C32H33ClF3N5O6S/c1-38-14-11-23(12-15-38)39-16-18-40(19-17-39)30(43)47-31(25-4-3-13-37-28(25)46-2)26-20-22(33)7-10-27(26)41(29(31)42)48(44,45)24-8-5-21(6-9-24)32(34,35)36/h3-10,13,20,23H,11-12,14-19H2,1-2H3. The highest BCUT2D eigenvalue weighted by molar-refractivity contribution is 7.93. The van der Waals surface area contributed by atoms with E-state index in [0.29, 0.717) is 48.7 Å². The van der Waals surface area contributed by atoms with E-state index in [2.05, 4.69) is 21.8 Å². The zero-order valence-electron chi connectivity index (χ0n) is 26.1. The number of pyridine rings is 1. The third-order valence-electron chi connectivity index (χ3n) is 9.12. The van der Waals surface area contributed by atoms with Crippen molar-refractivity contribution in [1.29, 1.82) is 0 Å². The number of benzene rings is 2. The van der Waals surface area contributed by atoms with Gasteiger partial charge in [-0.05, 0) is 87.6 Å². The fraction of sp³-hybridized carbons (Fsp3) is 0.406. The summed E-state index contributed by atoms with van der Waals surface area (Å²) in [5.74, 6) is -1.34. The maximum atomic E-state index is 14.7. The Morgan fingerprint density at radius 1 is 0.979 bits per heavy atom. The van der Waals surface area contributed by atoms with Crippen molar-refractivity contribution in [1.82, 2.24) is 19.7 Å². The fourth-order valence-electron chi connectivity index (χ4n) is 6.56. The summed E-state index contributed by atoms with van der Waals surface area (Å²) in [4.78, 5) is 38.4. The number of aromatic nitrogens is 1. The average Bonchev–Trinajstić information content (AvgIpc) is 3.32. The van der Waals surface area contributed by atoms with E-state index in [0.717, 1.165) is 38.1 Å². The number of halogens is 4. The average molecular weight is 708 g/mol. The van der Waals surface area contributed by atoms with Gasteiger partial charge in [-0.15, -0.1) is 0 Å². The maximum absolute atomic E-state index is 14.7. The number of fused-ring (bicyclic) bond motifs is 1. The van der Waals surface area contributed by atoms with Crippen LogP contribution < -0.4 is 9.04 Å². The Bertz CT molecular complexity index is 1810. The largest absolute Gasteiger partial charge is 0.481 e. The zero-order valence-corrected chi connectivity index (χ0v) is 27.7. The topological polar surface area (TPSA) is 113 Å². The molecule has 0 aliphatic carbocycles. The van der Waals surface area contributed by atoms with Crippen molar-refractivity contribution in [2.24, 2.45) is 0 Å². The van der Waals surface area contributed by atoms with Crippen LogP contribution in [0, 0.1) is 0 Å². The summed E-state index contributed by atoms with van der Waals surface area (Å²) < 4.78 is 80.1. The van der Waals surface area contributed by atoms with Gasteiger partial charge in [0.2, 0.25) is 5.88 Å². The van der Waals surface area contributed by atoms with E-state index in [1.165, 1.54) is 48.5 Å². The molecule has 3 aromatic rings. The van der Waals surface area contributed by atoms with Gasteiger partial charge in [0.1, 0.15) is 0 Å². The van der Waals surface area contributed by atoms with E-state index >= 15 is 0 Å². The molecule has 0 radical (unpaired) electrons. The summed E-state index contributed by atoms with van der Waals surface area (Å²) in [7, 11) is -1.49. The summed E-state index contributed by atoms with van der Waals surface area (Å²) in [5, 5.41) is 0.102. The molecule has 48 heavy (non-hydrogen) atoms. The van der Waals surface area contributed by atoms with E-state index in [-0.39, 0.29) is 27.7 Å². The fourth-order valence-corrected chi connectivity index (χ4v) is 8.18. The summed E-state index contributed by atoms with van der Waals surface area (Å²) in [6.45, 7) is 3.73. The van der Waals surface area contributed by atoms with Crippen molar-refractivity contribution in [2.75, 3.05) is 57.7 Å². The molecule has 3 aliphatic heterocycles. The number of hydrogen-bond acceptors (Lipinski definition) is 9. The number of hydrogen-bond donors (Lipinski definition) is 0. The van der Waals surface area contributed by atoms with Gasteiger partial charge in [0.15, 0.2) is 0 Å². The Morgan fingerprint density at radius 3 is 2.27 bits per heavy atom. The second-order valence-electron chi connectivity index (χ2n) is 11.9. The second kappa shape index (κ2) is 12.8. The maximum Gasteiger partial charge on any atom is 0.416 e. The van der Waals surface area contributed by atoms with Crippen LogP contribution in [-0.2, 0) is 31.3 Å². The molecule has 256 valence electrons. The molecule has 4 heterocycles. The number of carbonyl (C=O) groups is 2. The summed E-state index contributed by atoms with van der Waals surface area (Å²) in [6, 6.07) is 9.97. The highest BCUT2D eigenvalue weighted by Gasteiger charge is 2.61. The predicted octanol–water partition coefficient (Wildman–Crippen LogP) is 4.59. The highest BCUT2D eigenvalue weighted by atomic mass is 35.5. The first kappa shape index (κ1) is 34.0. The van der Waals surface area contributed by atoms with E-state index in [1.54, 1.807) is 0 Å². The van der Waals surface area contributed by atoms with E-state index < -0.39 is 44.3 Å². The van der Waals surface area contributed by atoms with Gasteiger partial charge in [-0.25, -0.2) is 18.2 Å². The van der Waals surface area contributed by atoms with Gasteiger partial charge in [0.25, 0.3) is 21.5 Å². The van der Waals surface area contributed by atoms with Crippen LogP contribution in [0.25, 0.3) is 0 Å². The Kier molecular flexibility index (Phi) is 9.08. The molecule has 6 rings (SSSR count). The lowest BCUT2D eigenvalue weighted by atomic mass is 9.87. The van der Waals surface area contributed by atoms with Crippen molar-refractivity contribution in [3.63, 3.8) is 0 Å². The number of methoxy groups -OCH3 is 1. The summed E-state index contributed by atoms with van der Waals surface area (Å²) in [5.41, 5.74) is -3.86. The van der Waals surface area contributed by atoms with Crippen molar-refractivity contribution >= 4 is 39.3 Å². The van der Waals surface area contributed by atoms with Gasteiger partial charge in [0.05, 0.1) is 28.8 Å². The summed E-state index contributed by atoms with van der Waals surface area (Å²) >= 11 is 6.39. The van der Waals surface area contributed by atoms with Gasteiger partial charge >= 0.3 is 12.3 Å². The molecule has 0 N–H and O–H groups in total. The number of carbonyl (C=O) groups excluding carboxylic acids is 2. The molecule has 0 spiro atoms. The van der Waals surface area contributed by atoms with Gasteiger partial charge in [0, 0.05) is 49.0 Å². The molecular formula is C32H33ClF3N5O6S. The molecule has 0 bridgehead atoms. The molecule has 1 aromatic heterocycles. The van der Waals surface area contributed by atoms with Gasteiger partial charge in [-0.3, -0.25) is 9.69 Å². The van der Waals surface area contributed by atoms with Crippen LogP contribution in [0.4, 0.5) is 23.7 Å². The molecule has 2 aromatic carbocycles. The zero-order chi connectivity index (χ0) is 34.4. The van der Waals surface area contributed by atoms with E-state index in [4.69, 9.17) is 21.1 Å². The van der Waals surface area contributed by atoms with Crippen LogP contribution in [-0.4, -0.2) is 99.6 Å². The lowest BCUT2D eigenvalue weighted by Crippen LogP contribution is -2.55. The Balaban J connectivity index is 1.40. The number of nitrogens with zero attached hydrogens (tertiary/aromatic N) is 5. The normalized spacial score (nSPS) is 21.3. The molecule has 1 unspecified atom stereocenters. The van der Waals surface area contributed by atoms with Crippen LogP contribution in [0.2, 0.25) is 5.02 Å². The lowest BCUT2D eigenvalue weighted by molar-refractivity contribution is -0.137. The number of piperidine rings is 1. The molecule has 2 saturated heterocycles. The smallest absolute Gasteiger partial charge is 0.416 e. The number of sulfonamides is 1. The molecule has 2 amide bonds. The first-order chi connectivity index (χ1) is 22.8. The number of ether oxygens (including phenoxy) is 2. The number of piperazine rings is 1. The van der Waals surface area contributed by atoms with Crippen LogP contribution in [0.1, 0.15) is 29.5 Å². The van der Waals surface area contributed by atoms with Crippen LogP contribution in [0.3, 0.4) is 0 Å². The number of anilines is 1. The van der Waals surface area contributed by atoms with Gasteiger partial charge in [-0.2, -0.15) is 17.5 Å². The molecule has 1 atom stereocenters. The minimum absolute atomic E-state index is 0.0653. The Labute approximate surface area is 280 Å². The molecular weight excluding hydrogens is 675 g/mol. The molecule has 0 saturated carbocycles. The Hall–Kier alpha value is -3.92. The third kappa shape index (κ3) is 5.97. The molecule has 16 heteroatoms. The monoisotopic (exact) mass is 707 g/mol. The number of alkyl halides is 3. The minimum atomic E-state index is -4.86. The number of rotatable bonds is 6. The van der Waals surface area contributed by atoms with Gasteiger partial charge in [-0.1, -0.05) is 11.6 Å². The predicted molar refractivity (Wildman–Crippen MR) is 169 cm³/mol. The quantitative estimate of drug-likeness (QED) is 0.363. The van der Waals surface area contributed by atoms with Crippen molar-refractivity contribution < 1.29 is 40.7 Å². The van der Waals surface area contributed by atoms with E-state index in [1.807, 2.05) is 0 Å². The minimum Gasteiger partial charge on any atom is -0.481 e. The SMILES string of the molecule is COc1ncccc1C1(OC(=O)N2CCN(C3CCN(C)CC3)CC2)C(=O)N(S(=O)(=O)c2ccc(C(F)(F)F)cc2)c2ccc(Cl)cc21. The van der Waals surface area contributed by atoms with Crippen LogP contribution in [0.15, 0.2) is 65.7 Å². The van der Waals surface area contributed by atoms with Crippen LogP contribution in [0.5, 0.6) is 5.88 Å². The first-order valence-corrected chi connectivity index (χ1v) is 17.1. The van der Waals surface area contributed by atoms with Crippen molar-refractivity contribution in [3.05, 3.63) is 82.5 Å². The summed E-state index contributed by atoms with van der Waals surface area (Å²) in [6.07, 6.45) is -2.18. The van der Waals surface area contributed by atoms with Gasteiger partial charge < -0.3 is 19.3 Å². The Morgan fingerprint density at radius 2 is 1.65 bits per heavy atom. The van der Waals surface area contributed by atoms with Crippen molar-refractivity contribution in [2.45, 2.75) is 35.6 Å². The van der Waals surface area contributed by atoms with Crippen LogP contribution >= 0.6 is 11.6 Å². The third-order valence-corrected chi connectivity index (χ3v) is 11.1. The molecule has 2 fully saturated rings. The lowest BCUT2D eigenvalue weighted by Gasteiger charge is -2.42. The first-order valence-electron chi connectivity index (χ1n) is 15.2. The molecule has 3 aliphatic rings. The second-order valence-corrected chi connectivity index (χ2v) is 14.1. The number of likely N-dealkylation sites (tertiary alicyclic amines) is 1.